The summed E-state index contributed by atoms with van der Waals surface area (Å²) in [6.45, 7) is 3.30. The zero-order valence-electron chi connectivity index (χ0n) is 13.7. The molecule has 0 radical (unpaired) electrons. The molecule has 1 saturated heterocycles. The van der Waals surface area contributed by atoms with E-state index in [0.29, 0.717) is 24.6 Å². The van der Waals surface area contributed by atoms with E-state index >= 15 is 0 Å². The first-order valence-corrected chi connectivity index (χ1v) is 8.45. The van der Waals surface area contributed by atoms with Crippen LogP contribution >= 0.6 is 11.6 Å². The molecule has 1 aliphatic heterocycles. The second-order valence-corrected chi connectivity index (χ2v) is 5.79. The van der Waals surface area contributed by atoms with Gasteiger partial charge in [0, 0.05) is 0 Å². The van der Waals surface area contributed by atoms with Gasteiger partial charge in [0.1, 0.15) is 24.5 Å². The third kappa shape index (κ3) is 4.83. The third-order valence-electron chi connectivity index (χ3n) is 3.85. The van der Waals surface area contributed by atoms with Crippen molar-refractivity contribution < 1.29 is 19.0 Å². The molecule has 1 unspecified atom stereocenters. The molecule has 1 aromatic carbocycles. The first-order valence-electron chi connectivity index (χ1n) is 7.92. The molecule has 1 fully saturated rings. The van der Waals surface area contributed by atoms with Gasteiger partial charge in [-0.25, -0.2) is 0 Å². The molecule has 1 heterocycles. The van der Waals surface area contributed by atoms with Crippen LogP contribution in [0.25, 0.3) is 0 Å². The molecule has 1 atom stereocenters. The molecule has 1 aromatic rings. The van der Waals surface area contributed by atoms with E-state index in [4.69, 9.17) is 25.8 Å². The van der Waals surface area contributed by atoms with Crippen molar-refractivity contribution in [1.29, 1.82) is 0 Å². The van der Waals surface area contributed by atoms with Crippen molar-refractivity contribution in [2.45, 2.75) is 32.3 Å². The fourth-order valence-electron chi connectivity index (χ4n) is 2.57. The van der Waals surface area contributed by atoms with E-state index in [-0.39, 0.29) is 24.7 Å². The number of nitrogens with zero attached hydrogens (tertiary/aromatic N) is 1. The largest absolute Gasteiger partial charge is 0.495 e. The zero-order valence-corrected chi connectivity index (χ0v) is 14.5. The Hall–Kier alpha value is -1.30. The summed E-state index contributed by atoms with van der Waals surface area (Å²) < 4.78 is 16.1. The van der Waals surface area contributed by atoms with Gasteiger partial charge in [0.15, 0.2) is 0 Å². The maximum Gasteiger partial charge on any atom is 0.242 e. The standard InChI is InChI=1S/C17H24ClNO4/c1-3-4-5-13-6-7-15(16(8-13)21-2)19(17(20)9-18)10-14-11-22-12-23-14/h6-8,14H,3-5,9-12H2,1-2H3. The van der Waals surface area contributed by atoms with E-state index in [2.05, 4.69) is 6.92 Å². The number of benzene rings is 1. The first kappa shape index (κ1) is 18.0. The SMILES string of the molecule is CCCCc1ccc(N(CC2COCO2)C(=O)CCl)c(OC)c1. The van der Waals surface area contributed by atoms with E-state index in [1.807, 2.05) is 18.2 Å². The van der Waals surface area contributed by atoms with Crippen molar-refractivity contribution in [3.05, 3.63) is 23.8 Å². The van der Waals surface area contributed by atoms with Crippen LogP contribution in [0, 0.1) is 0 Å². The monoisotopic (exact) mass is 341 g/mol. The van der Waals surface area contributed by atoms with Crippen LogP contribution in [-0.2, 0) is 20.7 Å². The number of halogens is 1. The van der Waals surface area contributed by atoms with Crippen molar-refractivity contribution in [3.8, 4) is 5.75 Å². The third-order valence-corrected chi connectivity index (χ3v) is 4.07. The van der Waals surface area contributed by atoms with Crippen LogP contribution in [0.3, 0.4) is 0 Å². The van der Waals surface area contributed by atoms with Crippen LogP contribution in [0.15, 0.2) is 18.2 Å². The lowest BCUT2D eigenvalue weighted by Crippen LogP contribution is -2.39. The highest BCUT2D eigenvalue weighted by atomic mass is 35.5. The predicted molar refractivity (Wildman–Crippen MR) is 90.4 cm³/mol. The summed E-state index contributed by atoms with van der Waals surface area (Å²) >= 11 is 5.77. The molecule has 0 saturated carbocycles. The average Bonchev–Trinajstić information content (AvgIpc) is 3.10. The Labute approximate surface area is 142 Å². The number of aryl methyl sites for hydroxylation is 1. The molecular formula is C17H24ClNO4. The van der Waals surface area contributed by atoms with Gasteiger partial charge in [-0.3, -0.25) is 4.79 Å². The molecule has 0 bridgehead atoms. The number of hydrogen-bond acceptors (Lipinski definition) is 4. The highest BCUT2D eigenvalue weighted by Gasteiger charge is 2.26. The number of methoxy groups -OCH3 is 1. The molecule has 0 aliphatic carbocycles. The van der Waals surface area contributed by atoms with Gasteiger partial charge in [0.2, 0.25) is 5.91 Å². The molecule has 1 aliphatic rings. The summed E-state index contributed by atoms with van der Waals surface area (Å²) in [5.74, 6) is 0.409. The van der Waals surface area contributed by atoms with Crippen LogP contribution < -0.4 is 9.64 Å². The molecular weight excluding hydrogens is 318 g/mol. The lowest BCUT2D eigenvalue weighted by Gasteiger charge is -2.26. The Kier molecular flexibility index (Phi) is 7.15. The van der Waals surface area contributed by atoms with E-state index in [9.17, 15) is 4.79 Å². The number of carbonyl (C=O) groups is 1. The van der Waals surface area contributed by atoms with Gasteiger partial charge in [0.25, 0.3) is 0 Å². The molecule has 0 N–H and O–H groups in total. The van der Waals surface area contributed by atoms with Gasteiger partial charge in [-0.15, -0.1) is 11.6 Å². The van der Waals surface area contributed by atoms with Gasteiger partial charge in [0.05, 0.1) is 25.9 Å². The second kappa shape index (κ2) is 9.11. The number of amides is 1. The van der Waals surface area contributed by atoms with E-state index in [1.165, 1.54) is 5.56 Å². The topological polar surface area (TPSA) is 48.0 Å². The molecule has 5 nitrogen and oxygen atoms in total. The lowest BCUT2D eigenvalue weighted by atomic mass is 10.1. The van der Waals surface area contributed by atoms with Crippen LogP contribution in [0.2, 0.25) is 0 Å². The summed E-state index contributed by atoms with van der Waals surface area (Å²) in [6.07, 6.45) is 3.11. The summed E-state index contributed by atoms with van der Waals surface area (Å²) in [5, 5.41) is 0. The molecule has 1 amide bonds. The minimum atomic E-state index is -0.179. The zero-order chi connectivity index (χ0) is 16.7. The predicted octanol–water partition coefficient (Wildman–Crippen LogP) is 2.98. The number of unbranched alkanes of at least 4 members (excludes halogenated alkanes) is 1. The summed E-state index contributed by atoms with van der Waals surface area (Å²) in [7, 11) is 1.61. The smallest absolute Gasteiger partial charge is 0.242 e. The van der Waals surface area contributed by atoms with Crippen LogP contribution in [0.5, 0.6) is 5.75 Å². The van der Waals surface area contributed by atoms with Gasteiger partial charge in [-0.1, -0.05) is 19.4 Å². The molecule has 23 heavy (non-hydrogen) atoms. The van der Waals surface area contributed by atoms with Gasteiger partial charge in [-0.05, 0) is 30.5 Å². The quantitative estimate of drug-likeness (QED) is 0.682. The highest BCUT2D eigenvalue weighted by Crippen LogP contribution is 2.31. The lowest BCUT2D eigenvalue weighted by molar-refractivity contribution is -0.116. The van der Waals surface area contributed by atoms with E-state index in [1.54, 1.807) is 12.0 Å². The van der Waals surface area contributed by atoms with E-state index in [0.717, 1.165) is 19.3 Å². The van der Waals surface area contributed by atoms with Crippen molar-refractivity contribution in [2.75, 3.05) is 37.8 Å². The summed E-state index contributed by atoms with van der Waals surface area (Å²) in [4.78, 5) is 13.9. The Morgan fingerprint density at radius 1 is 1.48 bits per heavy atom. The maximum absolute atomic E-state index is 12.3. The fourth-order valence-corrected chi connectivity index (χ4v) is 2.71. The number of carbonyl (C=O) groups excluding carboxylic acids is 1. The van der Waals surface area contributed by atoms with Crippen LogP contribution in [0.1, 0.15) is 25.3 Å². The van der Waals surface area contributed by atoms with Crippen LogP contribution in [0.4, 0.5) is 5.69 Å². The summed E-state index contributed by atoms with van der Waals surface area (Å²) in [5.41, 5.74) is 1.92. The fraction of sp³-hybridized carbons (Fsp3) is 0.588. The van der Waals surface area contributed by atoms with E-state index < -0.39 is 0 Å². The number of hydrogen-bond donors (Lipinski definition) is 0. The Bertz CT molecular complexity index is 517. The normalized spacial score (nSPS) is 17.3. The Morgan fingerprint density at radius 2 is 2.30 bits per heavy atom. The molecule has 0 aromatic heterocycles. The van der Waals surface area contributed by atoms with Crippen molar-refractivity contribution >= 4 is 23.2 Å². The number of alkyl halides is 1. The van der Waals surface area contributed by atoms with Crippen molar-refractivity contribution in [1.82, 2.24) is 0 Å². The molecule has 128 valence electrons. The van der Waals surface area contributed by atoms with Gasteiger partial charge >= 0.3 is 0 Å². The Morgan fingerprint density at radius 3 is 2.91 bits per heavy atom. The number of ether oxygens (including phenoxy) is 3. The van der Waals surface area contributed by atoms with Crippen molar-refractivity contribution in [2.24, 2.45) is 0 Å². The molecule has 2 rings (SSSR count). The van der Waals surface area contributed by atoms with Gasteiger partial charge in [-0.2, -0.15) is 0 Å². The maximum atomic E-state index is 12.3. The highest BCUT2D eigenvalue weighted by molar-refractivity contribution is 6.29. The minimum absolute atomic E-state index is 0.0890. The summed E-state index contributed by atoms with van der Waals surface area (Å²) in [6, 6.07) is 5.95. The second-order valence-electron chi connectivity index (χ2n) is 5.53. The molecule has 0 spiro atoms. The van der Waals surface area contributed by atoms with Gasteiger partial charge < -0.3 is 19.1 Å². The first-order chi connectivity index (χ1) is 11.2. The molecule has 6 heteroatoms. The minimum Gasteiger partial charge on any atom is -0.495 e. The number of rotatable bonds is 8. The number of anilines is 1. The van der Waals surface area contributed by atoms with Crippen LogP contribution in [-0.4, -0.2) is 44.9 Å². The Balaban J connectivity index is 2.23. The average molecular weight is 342 g/mol. The van der Waals surface area contributed by atoms with Crippen molar-refractivity contribution in [3.63, 3.8) is 0 Å².